The van der Waals surface area contributed by atoms with Crippen LogP contribution in [0.2, 0.25) is 0 Å². The molecule has 0 aliphatic heterocycles. The summed E-state index contributed by atoms with van der Waals surface area (Å²) in [6.45, 7) is 5.82. The van der Waals surface area contributed by atoms with Gasteiger partial charge in [0.25, 0.3) is 0 Å². The normalized spacial score (nSPS) is 11.4. The van der Waals surface area contributed by atoms with Crippen LogP contribution < -0.4 is 10.1 Å². The van der Waals surface area contributed by atoms with Crippen LogP contribution in [-0.2, 0) is 4.79 Å². The lowest BCUT2D eigenvalue weighted by molar-refractivity contribution is -0.115. The van der Waals surface area contributed by atoms with Gasteiger partial charge in [0.2, 0.25) is 5.91 Å². The number of para-hydroxylation sites is 1. The van der Waals surface area contributed by atoms with Gasteiger partial charge in [0.05, 0.1) is 23.6 Å². The Balaban J connectivity index is 1.75. The summed E-state index contributed by atoms with van der Waals surface area (Å²) in [6.07, 6.45) is 0. The van der Waals surface area contributed by atoms with Crippen LogP contribution in [0, 0.1) is 25.2 Å². The van der Waals surface area contributed by atoms with Crippen molar-refractivity contribution in [3.05, 3.63) is 95.6 Å². The van der Waals surface area contributed by atoms with Gasteiger partial charge in [-0.2, -0.15) is 5.26 Å². The second-order valence-electron chi connectivity index (χ2n) is 8.51. The molecule has 4 rings (SSSR count). The number of anilines is 1. The van der Waals surface area contributed by atoms with Gasteiger partial charge in [-0.05, 0) is 56.2 Å². The quantitative estimate of drug-likeness (QED) is 0.280. The third-order valence-corrected chi connectivity index (χ3v) is 6.99. The Labute approximate surface area is 216 Å². The van der Waals surface area contributed by atoms with Gasteiger partial charge in [-0.1, -0.05) is 71.9 Å². The van der Waals surface area contributed by atoms with E-state index >= 15 is 0 Å². The molecule has 0 aliphatic carbocycles. The monoisotopic (exact) mass is 493 g/mol. The molecule has 0 bridgehead atoms. The number of methoxy groups -OCH3 is 1. The van der Waals surface area contributed by atoms with E-state index in [0.29, 0.717) is 10.6 Å². The summed E-state index contributed by atoms with van der Waals surface area (Å²) in [5.41, 5.74) is 6.68. The Morgan fingerprint density at radius 1 is 1.00 bits per heavy atom. The number of nitrogens with zero attached hydrogens (tertiary/aromatic N) is 2. The van der Waals surface area contributed by atoms with E-state index in [4.69, 9.17) is 9.72 Å². The second kappa shape index (κ2) is 11.1. The first-order valence-electron chi connectivity index (χ1n) is 11.6. The van der Waals surface area contributed by atoms with Crippen LogP contribution in [0.4, 0.5) is 5.69 Å². The maximum absolute atomic E-state index is 13.0. The van der Waals surface area contributed by atoms with Crippen LogP contribution in [0.15, 0.2) is 83.9 Å². The van der Waals surface area contributed by atoms with Gasteiger partial charge in [0.1, 0.15) is 16.8 Å². The standard InChI is InChI=1S/C30H27N3O2S/c1-19-9-11-23(12-10-19)28-17-25(22-13-15-24(35-4)16-14-22)26(18-31)30(33-28)36-21(3)29(34)32-27-8-6-5-7-20(27)2/h5-17,21H,1-4H3,(H,32,34)/t21-/m1/s1. The van der Waals surface area contributed by atoms with Gasteiger partial charge in [0.15, 0.2) is 0 Å². The summed E-state index contributed by atoms with van der Waals surface area (Å²) in [6, 6.07) is 27.6. The fourth-order valence-corrected chi connectivity index (χ4v) is 4.68. The molecule has 1 amide bonds. The molecule has 0 spiro atoms. The van der Waals surface area contributed by atoms with Crippen LogP contribution in [0.25, 0.3) is 22.4 Å². The van der Waals surface area contributed by atoms with Gasteiger partial charge in [-0.3, -0.25) is 4.79 Å². The zero-order chi connectivity index (χ0) is 25.7. The van der Waals surface area contributed by atoms with E-state index in [0.717, 1.165) is 44.9 Å². The molecule has 36 heavy (non-hydrogen) atoms. The first kappa shape index (κ1) is 25.0. The molecule has 0 saturated carbocycles. The number of carbonyl (C=O) groups is 1. The minimum absolute atomic E-state index is 0.147. The number of hydrogen-bond donors (Lipinski definition) is 1. The Kier molecular flexibility index (Phi) is 7.72. The number of rotatable bonds is 7. The Morgan fingerprint density at radius 2 is 1.67 bits per heavy atom. The highest BCUT2D eigenvalue weighted by Gasteiger charge is 2.22. The average Bonchev–Trinajstić information content (AvgIpc) is 2.90. The molecule has 1 atom stereocenters. The minimum atomic E-state index is -0.471. The predicted molar refractivity (Wildman–Crippen MR) is 146 cm³/mol. The molecule has 4 aromatic rings. The summed E-state index contributed by atoms with van der Waals surface area (Å²) in [5, 5.41) is 13.2. The van der Waals surface area contributed by atoms with E-state index in [1.165, 1.54) is 11.8 Å². The number of nitrogens with one attached hydrogen (secondary N) is 1. The van der Waals surface area contributed by atoms with Crippen molar-refractivity contribution in [3.8, 4) is 34.2 Å². The number of nitriles is 1. The highest BCUT2D eigenvalue weighted by molar-refractivity contribution is 8.00. The Hall–Kier alpha value is -4.08. The SMILES string of the molecule is COc1ccc(-c2cc(-c3ccc(C)cc3)nc(S[C@H](C)C(=O)Nc3ccccc3C)c2C#N)cc1. The van der Waals surface area contributed by atoms with Crippen LogP contribution >= 0.6 is 11.8 Å². The highest BCUT2D eigenvalue weighted by Crippen LogP contribution is 2.36. The highest BCUT2D eigenvalue weighted by atomic mass is 32.2. The fraction of sp³-hybridized carbons (Fsp3) is 0.167. The van der Waals surface area contributed by atoms with E-state index in [2.05, 4.69) is 11.4 Å². The smallest absolute Gasteiger partial charge is 0.237 e. The van der Waals surface area contributed by atoms with Gasteiger partial charge in [-0.25, -0.2) is 4.98 Å². The largest absolute Gasteiger partial charge is 0.497 e. The van der Waals surface area contributed by atoms with Crippen molar-refractivity contribution in [1.82, 2.24) is 4.98 Å². The molecule has 1 aromatic heterocycles. The maximum atomic E-state index is 13.0. The molecule has 0 radical (unpaired) electrons. The van der Waals surface area contributed by atoms with E-state index < -0.39 is 5.25 Å². The van der Waals surface area contributed by atoms with Gasteiger partial charge in [0, 0.05) is 16.8 Å². The predicted octanol–water partition coefficient (Wildman–Crippen LogP) is 7.03. The van der Waals surface area contributed by atoms with Crippen molar-refractivity contribution < 1.29 is 9.53 Å². The van der Waals surface area contributed by atoms with Crippen LogP contribution in [0.3, 0.4) is 0 Å². The van der Waals surface area contributed by atoms with E-state index in [9.17, 15) is 10.1 Å². The third-order valence-electron chi connectivity index (χ3n) is 5.91. The number of thioether (sulfide) groups is 1. The lowest BCUT2D eigenvalue weighted by Crippen LogP contribution is -2.23. The van der Waals surface area contributed by atoms with Crippen molar-refractivity contribution in [2.75, 3.05) is 12.4 Å². The lowest BCUT2D eigenvalue weighted by atomic mass is 9.99. The fourth-order valence-electron chi connectivity index (χ4n) is 3.75. The minimum Gasteiger partial charge on any atom is -0.497 e. The molecule has 1 heterocycles. The Bertz CT molecular complexity index is 1420. The number of ether oxygens (including phenoxy) is 1. The van der Waals surface area contributed by atoms with Crippen LogP contribution in [0.5, 0.6) is 5.75 Å². The van der Waals surface area contributed by atoms with E-state index in [-0.39, 0.29) is 5.91 Å². The van der Waals surface area contributed by atoms with Crippen molar-refractivity contribution in [3.63, 3.8) is 0 Å². The topological polar surface area (TPSA) is 75.0 Å². The molecule has 0 saturated heterocycles. The first-order chi connectivity index (χ1) is 17.4. The van der Waals surface area contributed by atoms with Gasteiger partial charge < -0.3 is 10.1 Å². The van der Waals surface area contributed by atoms with Crippen molar-refractivity contribution in [2.24, 2.45) is 0 Å². The molecular formula is C30H27N3O2S. The number of hydrogen-bond acceptors (Lipinski definition) is 5. The first-order valence-corrected chi connectivity index (χ1v) is 12.5. The van der Waals surface area contributed by atoms with Crippen molar-refractivity contribution in [1.29, 1.82) is 5.26 Å². The molecular weight excluding hydrogens is 466 g/mol. The molecule has 5 nitrogen and oxygen atoms in total. The van der Waals surface area contributed by atoms with Crippen LogP contribution in [-0.4, -0.2) is 23.3 Å². The number of pyridine rings is 1. The Morgan fingerprint density at radius 3 is 2.31 bits per heavy atom. The average molecular weight is 494 g/mol. The molecule has 0 unspecified atom stereocenters. The molecule has 0 fully saturated rings. The number of aryl methyl sites for hydroxylation is 2. The summed E-state index contributed by atoms with van der Waals surface area (Å²) in [7, 11) is 1.62. The third kappa shape index (κ3) is 5.59. The number of aromatic nitrogens is 1. The van der Waals surface area contributed by atoms with E-state index in [1.807, 2.05) is 99.6 Å². The van der Waals surface area contributed by atoms with Gasteiger partial charge >= 0.3 is 0 Å². The number of carbonyl (C=O) groups excluding carboxylic acids is 1. The van der Waals surface area contributed by atoms with Crippen LogP contribution in [0.1, 0.15) is 23.6 Å². The molecule has 0 aliphatic rings. The van der Waals surface area contributed by atoms with Gasteiger partial charge in [-0.15, -0.1) is 0 Å². The summed E-state index contributed by atoms with van der Waals surface area (Å²) in [5.74, 6) is 0.591. The summed E-state index contributed by atoms with van der Waals surface area (Å²) < 4.78 is 5.30. The lowest BCUT2D eigenvalue weighted by Gasteiger charge is -2.16. The van der Waals surface area contributed by atoms with Crippen molar-refractivity contribution >= 4 is 23.4 Å². The number of amides is 1. The second-order valence-corrected chi connectivity index (χ2v) is 9.84. The number of benzene rings is 3. The molecule has 6 heteroatoms. The molecule has 180 valence electrons. The summed E-state index contributed by atoms with van der Waals surface area (Å²) in [4.78, 5) is 17.9. The van der Waals surface area contributed by atoms with Crippen molar-refractivity contribution in [2.45, 2.75) is 31.0 Å². The zero-order valence-corrected chi connectivity index (χ0v) is 21.5. The zero-order valence-electron chi connectivity index (χ0n) is 20.7. The van der Waals surface area contributed by atoms with E-state index in [1.54, 1.807) is 7.11 Å². The molecule has 3 aromatic carbocycles. The maximum Gasteiger partial charge on any atom is 0.237 e. The molecule has 1 N–H and O–H groups in total. The summed E-state index contributed by atoms with van der Waals surface area (Å²) >= 11 is 1.29.